The summed E-state index contributed by atoms with van der Waals surface area (Å²) in [6, 6.07) is 1.95. The first kappa shape index (κ1) is 13.3. The minimum Gasteiger partial charge on any atom is -0.353 e. The maximum Gasteiger partial charge on any atom is 0.243 e. The molecule has 1 N–H and O–H groups in total. The summed E-state index contributed by atoms with van der Waals surface area (Å²) >= 11 is 0. The third kappa shape index (κ3) is 3.64. The highest BCUT2D eigenvalue weighted by Gasteiger charge is 2.01. The summed E-state index contributed by atoms with van der Waals surface area (Å²) in [6.45, 7) is 4.44. The highest BCUT2D eigenvalue weighted by molar-refractivity contribution is 5.87. The van der Waals surface area contributed by atoms with Crippen molar-refractivity contribution in [3.05, 3.63) is 41.9 Å². The molecule has 100 valence electrons. The number of carbonyl (C=O) groups excluding carboxylic acids is 1. The Hall–Kier alpha value is -2.17. The number of rotatable bonds is 5. The van der Waals surface area contributed by atoms with Crippen LogP contribution in [-0.4, -0.2) is 27.0 Å². The Bertz CT molecular complexity index is 601. The summed E-state index contributed by atoms with van der Waals surface area (Å²) in [6.07, 6.45) is 8.87. The quantitative estimate of drug-likeness (QED) is 0.655. The molecule has 0 aromatic carbocycles. The molecule has 1 amide bonds. The molecule has 0 aliphatic carbocycles. The predicted molar refractivity (Wildman–Crippen MR) is 73.9 cm³/mol. The Labute approximate surface area is 112 Å². The van der Waals surface area contributed by atoms with Gasteiger partial charge in [0, 0.05) is 25.0 Å². The molecule has 0 bridgehead atoms. The van der Waals surface area contributed by atoms with Crippen LogP contribution in [0.4, 0.5) is 0 Å². The lowest BCUT2D eigenvalue weighted by Gasteiger charge is -2.03. The molecule has 0 atom stereocenters. The summed E-state index contributed by atoms with van der Waals surface area (Å²) in [7, 11) is 0. The Morgan fingerprint density at radius 2 is 2.37 bits per heavy atom. The number of nitrogens with one attached hydrogen (secondary N) is 1. The van der Waals surface area contributed by atoms with Crippen LogP contribution < -0.4 is 5.32 Å². The number of amides is 1. The predicted octanol–water partition coefficient (Wildman–Crippen LogP) is 1.66. The van der Waals surface area contributed by atoms with Crippen molar-refractivity contribution in [1.82, 2.24) is 19.9 Å². The maximum absolute atomic E-state index is 11.2. The van der Waals surface area contributed by atoms with Gasteiger partial charge in [-0.1, -0.05) is 6.08 Å². The second kappa shape index (κ2) is 6.13. The average Bonchev–Trinajstić information content (AvgIpc) is 2.74. The number of fused-ring (bicyclic) bond motifs is 1. The van der Waals surface area contributed by atoms with Crippen LogP contribution in [0.5, 0.6) is 0 Å². The van der Waals surface area contributed by atoms with Crippen LogP contribution in [0, 0.1) is 6.92 Å². The standard InChI is InChI=1S/C14H18N4O/c1-3-5-14(19)15-7-4-6-12-9-16-13-8-11(2)17-18(13)10-12/h3,5,8-10H,4,6-7H2,1-2H3,(H,15,19)/b5-3+. The Balaban J connectivity index is 1.86. The molecule has 2 aromatic heterocycles. The van der Waals surface area contributed by atoms with E-state index in [1.165, 1.54) is 6.08 Å². The van der Waals surface area contributed by atoms with Crippen molar-refractivity contribution in [1.29, 1.82) is 0 Å². The number of hydrogen-bond donors (Lipinski definition) is 1. The van der Waals surface area contributed by atoms with Crippen LogP contribution >= 0.6 is 0 Å². The van der Waals surface area contributed by atoms with Crippen LogP contribution in [0.25, 0.3) is 5.65 Å². The molecule has 19 heavy (non-hydrogen) atoms. The average molecular weight is 258 g/mol. The van der Waals surface area contributed by atoms with Crippen molar-refractivity contribution < 1.29 is 4.79 Å². The molecule has 2 rings (SSSR count). The van der Waals surface area contributed by atoms with E-state index in [9.17, 15) is 4.79 Å². The number of allylic oxidation sites excluding steroid dienone is 1. The molecule has 5 nitrogen and oxygen atoms in total. The first-order valence-corrected chi connectivity index (χ1v) is 6.40. The highest BCUT2D eigenvalue weighted by Crippen LogP contribution is 2.06. The third-order valence-corrected chi connectivity index (χ3v) is 2.75. The molecule has 2 heterocycles. The van der Waals surface area contributed by atoms with E-state index in [-0.39, 0.29) is 5.91 Å². The fourth-order valence-electron chi connectivity index (χ4n) is 1.88. The Kier molecular flexibility index (Phi) is 4.28. The van der Waals surface area contributed by atoms with Gasteiger partial charge in [-0.3, -0.25) is 4.79 Å². The van der Waals surface area contributed by atoms with Gasteiger partial charge < -0.3 is 5.32 Å². The molecule has 0 radical (unpaired) electrons. The van der Waals surface area contributed by atoms with Crippen molar-refractivity contribution in [3.8, 4) is 0 Å². The van der Waals surface area contributed by atoms with E-state index >= 15 is 0 Å². The lowest BCUT2D eigenvalue weighted by molar-refractivity contribution is -0.116. The number of aryl methyl sites for hydroxylation is 2. The van der Waals surface area contributed by atoms with Gasteiger partial charge in [0.25, 0.3) is 0 Å². The molecular formula is C14H18N4O. The van der Waals surface area contributed by atoms with E-state index in [1.54, 1.807) is 10.6 Å². The molecule has 0 unspecified atom stereocenters. The van der Waals surface area contributed by atoms with E-state index in [1.807, 2.05) is 32.3 Å². The zero-order valence-corrected chi connectivity index (χ0v) is 11.3. The summed E-state index contributed by atoms with van der Waals surface area (Å²) < 4.78 is 1.79. The van der Waals surface area contributed by atoms with Gasteiger partial charge >= 0.3 is 0 Å². The van der Waals surface area contributed by atoms with Crippen LogP contribution in [-0.2, 0) is 11.2 Å². The van der Waals surface area contributed by atoms with E-state index < -0.39 is 0 Å². The molecule has 0 aliphatic heterocycles. The van der Waals surface area contributed by atoms with Crippen LogP contribution in [0.2, 0.25) is 0 Å². The summed E-state index contributed by atoms with van der Waals surface area (Å²) in [5.74, 6) is -0.0428. The van der Waals surface area contributed by atoms with Crippen LogP contribution in [0.1, 0.15) is 24.6 Å². The topological polar surface area (TPSA) is 59.3 Å². The molecule has 5 heteroatoms. The van der Waals surface area contributed by atoms with Crippen molar-refractivity contribution >= 4 is 11.6 Å². The number of carbonyl (C=O) groups is 1. The van der Waals surface area contributed by atoms with Crippen LogP contribution in [0.15, 0.2) is 30.6 Å². The van der Waals surface area contributed by atoms with Gasteiger partial charge in [0.15, 0.2) is 5.65 Å². The lowest BCUT2D eigenvalue weighted by Crippen LogP contribution is -2.22. The molecule has 0 fully saturated rings. The molecular weight excluding hydrogens is 240 g/mol. The fraction of sp³-hybridized carbons (Fsp3) is 0.357. The highest BCUT2D eigenvalue weighted by atomic mass is 16.1. The van der Waals surface area contributed by atoms with E-state index in [0.717, 1.165) is 29.7 Å². The van der Waals surface area contributed by atoms with Crippen molar-refractivity contribution in [3.63, 3.8) is 0 Å². The molecule has 0 aliphatic rings. The Morgan fingerprint density at radius 3 is 3.16 bits per heavy atom. The molecule has 2 aromatic rings. The van der Waals surface area contributed by atoms with Gasteiger partial charge in [0.05, 0.1) is 5.69 Å². The third-order valence-electron chi connectivity index (χ3n) is 2.75. The smallest absolute Gasteiger partial charge is 0.243 e. The minimum absolute atomic E-state index is 0.0428. The zero-order valence-electron chi connectivity index (χ0n) is 11.3. The fourth-order valence-corrected chi connectivity index (χ4v) is 1.88. The second-order valence-electron chi connectivity index (χ2n) is 4.45. The normalized spacial score (nSPS) is 11.3. The van der Waals surface area contributed by atoms with Gasteiger partial charge in [-0.2, -0.15) is 5.10 Å². The van der Waals surface area contributed by atoms with Gasteiger partial charge in [-0.25, -0.2) is 9.50 Å². The SMILES string of the molecule is C/C=C/C(=O)NCCCc1cnc2cc(C)nn2c1. The van der Waals surface area contributed by atoms with Gasteiger partial charge in [0.2, 0.25) is 5.91 Å². The first-order valence-electron chi connectivity index (χ1n) is 6.40. The second-order valence-corrected chi connectivity index (χ2v) is 4.45. The van der Waals surface area contributed by atoms with E-state index in [0.29, 0.717) is 6.54 Å². The monoisotopic (exact) mass is 258 g/mol. The zero-order chi connectivity index (χ0) is 13.7. The van der Waals surface area contributed by atoms with Crippen LogP contribution in [0.3, 0.4) is 0 Å². The van der Waals surface area contributed by atoms with Gasteiger partial charge in [-0.05, 0) is 38.3 Å². The molecule has 0 saturated heterocycles. The first-order chi connectivity index (χ1) is 9.19. The van der Waals surface area contributed by atoms with Crippen molar-refractivity contribution in [2.75, 3.05) is 6.54 Å². The maximum atomic E-state index is 11.2. The minimum atomic E-state index is -0.0428. The Morgan fingerprint density at radius 1 is 1.53 bits per heavy atom. The van der Waals surface area contributed by atoms with Crippen molar-refractivity contribution in [2.45, 2.75) is 26.7 Å². The van der Waals surface area contributed by atoms with E-state index in [4.69, 9.17) is 0 Å². The molecule has 0 saturated carbocycles. The summed E-state index contributed by atoms with van der Waals surface area (Å²) in [4.78, 5) is 15.6. The molecule has 0 spiro atoms. The number of aromatic nitrogens is 3. The summed E-state index contributed by atoms with van der Waals surface area (Å²) in [5.41, 5.74) is 2.95. The lowest BCUT2D eigenvalue weighted by atomic mass is 10.2. The van der Waals surface area contributed by atoms with Crippen molar-refractivity contribution in [2.24, 2.45) is 0 Å². The van der Waals surface area contributed by atoms with E-state index in [2.05, 4.69) is 15.4 Å². The van der Waals surface area contributed by atoms with Gasteiger partial charge in [-0.15, -0.1) is 0 Å². The summed E-state index contributed by atoms with van der Waals surface area (Å²) in [5, 5.41) is 7.16. The number of nitrogens with zero attached hydrogens (tertiary/aromatic N) is 3. The van der Waals surface area contributed by atoms with Gasteiger partial charge in [0.1, 0.15) is 0 Å². The largest absolute Gasteiger partial charge is 0.353 e. The number of hydrogen-bond acceptors (Lipinski definition) is 3.